The summed E-state index contributed by atoms with van der Waals surface area (Å²) >= 11 is 0. The van der Waals surface area contributed by atoms with Crippen LogP contribution in [0.15, 0.2) is 29.2 Å². The molecule has 7 nitrogen and oxygen atoms in total. The van der Waals surface area contributed by atoms with Crippen molar-refractivity contribution < 1.29 is 17.9 Å². The summed E-state index contributed by atoms with van der Waals surface area (Å²) in [7, 11) is -1.82. The molecule has 2 aliphatic rings. The minimum atomic E-state index is -3.49. The van der Waals surface area contributed by atoms with Gasteiger partial charge in [0.25, 0.3) is 5.91 Å². The molecule has 3 rings (SSSR count). The van der Waals surface area contributed by atoms with E-state index in [2.05, 4.69) is 5.32 Å². The van der Waals surface area contributed by atoms with Crippen LogP contribution in [0, 0.1) is 5.92 Å². The molecule has 2 aliphatic heterocycles. The predicted octanol–water partition coefficient (Wildman–Crippen LogP) is 0.389. The van der Waals surface area contributed by atoms with Crippen molar-refractivity contribution in [1.29, 1.82) is 0 Å². The van der Waals surface area contributed by atoms with Crippen molar-refractivity contribution in [3.05, 3.63) is 29.8 Å². The third-order valence-corrected chi connectivity index (χ3v) is 6.70. The fourth-order valence-electron chi connectivity index (χ4n) is 3.37. The third kappa shape index (κ3) is 4.03. The molecule has 2 fully saturated rings. The number of carbonyl (C=O) groups excluding carboxylic acids is 1. The second kappa shape index (κ2) is 7.82. The molecule has 1 atom stereocenters. The van der Waals surface area contributed by atoms with E-state index in [9.17, 15) is 13.2 Å². The van der Waals surface area contributed by atoms with Gasteiger partial charge in [-0.1, -0.05) is 0 Å². The lowest BCUT2D eigenvalue weighted by atomic mass is 10.1. The number of ether oxygens (including phenoxy) is 1. The number of nitrogens with one attached hydrogen (secondary N) is 1. The molecule has 1 unspecified atom stereocenters. The van der Waals surface area contributed by atoms with Crippen LogP contribution in [0.5, 0.6) is 0 Å². The van der Waals surface area contributed by atoms with Crippen LogP contribution in [-0.4, -0.2) is 76.5 Å². The van der Waals surface area contributed by atoms with Gasteiger partial charge < -0.3 is 15.0 Å². The highest BCUT2D eigenvalue weighted by Crippen LogP contribution is 2.21. The van der Waals surface area contributed by atoms with Gasteiger partial charge in [-0.3, -0.25) is 4.79 Å². The number of methoxy groups -OCH3 is 1. The SMILES string of the molecule is COCC1CCN(C(=O)c2ccc(S(=O)(=O)N3CCNCC3)cc2)C1. The Morgan fingerprint density at radius 3 is 2.52 bits per heavy atom. The smallest absolute Gasteiger partial charge is 0.253 e. The normalized spacial score (nSPS) is 22.3. The number of benzene rings is 1. The summed E-state index contributed by atoms with van der Waals surface area (Å²) in [5.74, 6) is 0.325. The van der Waals surface area contributed by atoms with E-state index in [1.54, 1.807) is 19.2 Å². The van der Waals surface area contributed by atoms with E-state index < -0.39 is 10.0 Å². The molecule has 2 heterocycles. The highest BCUT2D eigenvalue weighted by atomic mass is 32.2. The number of piperazine rings is 1. The Kier molecular flexibility index (Phi) is 5.73. The van der Waals surface area contributed by atoms with Gasteiger partial charge in [-0.15, -0.1) is 0 Å². The molecule has 0 spiro atoms. The van der Waals surface area contributed by atoms with E-state index in [1.807, 2.05) is 4.90 Å². The van der Waals surface area contributed by atoms with Crippen molar-refractivity contribution in [2.45, 2.75) is 11.3 Å². The Balaban J connectivity index is 1.68. The molecule has 0 aliphatic carbocycles. The molecule has 25 heavy (non-hydrogen) atoms. The van der Waals surface area contributed by atoms with Crippen LogP contribution in [0.2, 0.25) is 0 Å². The lowest BCUT2D eigenvalue weighted by Gasteiger charge is -2.26. The first kappa shape index (κ1) is 18.3. The van der Waals surface area contributed by atoms with Crippen LogP contribution in [0.25, 0.3) is 0 Å². The molecule has 1 aromatic rings. The van der Waals surface area contributed by atoms with Gasteiger partial charge in [-0.05, 0) is 30.7 Å². The standard InChI is InChI=1S/C17H25N3O4S/c1-24-13-14-6-9-19(12-14)17(21)15-2-4-16(5-3-15)25(22,23)20-10-7-18-8-11-20/h2-5,14,18H,6-13H2,1H3. The summed E-state index contributed by atoms with van der Waals surface area (Å²) in [6.07, 6.45) is 0.940. The van der Waals surface area contributed by atoms with Gasteiger partial charge in [0.2, 0.25) is 10.0 Å². The van der Waals surface area contributed by atoms with E-state index in [4.69, 9.17) is 4.74 Å². The van der Waals surface area contributed by atoms with E-state index in [0.717, 1.165) is 6.42 Å². The van der Waals surface area contributed by atoms with Crippen LogP contribution in [0.3, 0.4) is 0 Å². The van der Waals surface area contributed by atoms with Gasteiger partial charge in [0.15, 0.2) is 0 Å². The second-order valence-corrected chi connectivity index (χ2v) is 8.48. The van der Waals surface area contributed by atoms with Gasteiger partial charge in [-0.25, -0.2) is 8.42 Å². The first-order chi connectivity index (χ1) is 12.0. The van der Waals surface area contributed by atoms with Gasteiger partial charge in [-0.2, -0.15) is 4.31 Å². The number of carbonyl (C=O) groups is 1. The predicted molar refractivity (Wildman–Crippen MR) is 94.0 cm³/mol. The van der Waals surface area contributed by atoms with Crippen molar-refractivity contribution in [3.63, 3.8) is 0 Å². The molecule has 8 heteroatoms. The van der Waals surface area contributed by atoms with Crippen LogP contribution in [-0.2, 0) is 14.8 Å². The molecular formula is C17H25N3O4S. The van der Waals surface area contributed by atoms with Crippen LogP contribution >= 0.6 is 0 Å². The molecule has 1 aromatic carbocycles. The van der Waals surface area contributed by atoms with E-state index in [1.165, 1.54) is 16.4 Å². The summed E-state index contributed by atoms with van der Waals surface area (Å²) < 4.78 is 31.9. The molecule has 138 valence electrons. The average molecular weight is 367 g/mol. The lowest BCUT2D eigenvalue weighted by molar-refractivity contribution is 0.0775. The number of rotatable bonds is 5. The van der Waals surface area contributed by atoms with Gasteiger partial charge >= 0.3 is 0 Å². The monoisotopic (exact) mass is 367 g/mol. The zero-order chi connectivity index (χ0) is 17.9. The van der Waals surface area contributed by atoms with Crippen molar-refractivity contribution in [2.75, 3.05) is 53.0 Å². The second-order valence-electron chi connectivity index (χ2n) is 6.54. The van der Waals surface area contributed by atoms with Crippen molar-refractivity contribution in [2.24, 2.45) is 5.92 Å². The zero-order valence-corrected chi connectivity index (χ0v) is 15.3. The average Bonchev–Trinajstić information content (AvgIpc) is 3.11. The Hall–Kier alpha value is -1.48. The minimum absolute atomic E-state index is 0.0512. The maximum Gasteiger partial charge on any atom is 0.253 e. The molecule has 1 N–H and O–H groups in total. The molecule has 0 radical (unpaired) electrons. The maximum atomic E-state index is 12.6. The van der Waals surface area contributed by atoms with Crippen molar-refractivity contribution in [3.8, 4) is 0 Å². The minimum Gasteiger partial charge on any atom is -0.384 e. The summed E-state index contributed by atoms with van der Waals surface area (Å²) in [4.78, 5) is 14.6. The van der Waals surface area contributed by atoms with Gasteiger partial charge in [0, 0.05) is 57.9 Å². The number of hydrogen-bond donors (Lipinski definition) is 1. The zero-order valence-electron chi connectivity index (χ0n) is 14.5. The number of likely N-dealkylation sites (tertiary alicyclic amines) is 1. The lowest BCUT2D eigenvalue weighted by Crippen LogP contribution is -2.46. The summed E-state index contributed by atoms with van der Waals surface area (Å²) in [6, 6.07) is 6.29. The van der Waals surface area contributed by atoms with Crippen molar-refractivity contribution in [1.82, 2.24) is 14.5 Å². The Bertz CT molecular complexity index is 699. The topological polar surface area (TPSA) is 79.0 Å². The quantitative estimate of drug-likeness (QED) is 0.814. The van der Waals surface area contributed by atoms with E-state index in [-0.39, 0.29) is 10.8 Å². The molecule has 0 aromatic heterocycles. The fraction of sp³-hybridized carbons (Fsp3) is 0.588. The van der Waals surface area contributed by atoms with Gasteiger partial charge in [0.1, 0.15) is 0 Å². The molecule has 1 amide bonds. The third-order valence-electron chi connectivity index (χ3n) is 4.79. The summed E-state index contributed by atoms with van der Waals surface area (Å²) in [5, 5.41) is 3.14. The van der Waals surface area contributed by atoms with Gasteiger partial charge in [0.05, 0.1) is 11.5 Å². The number of nitrogens with zero attached hydrogens (tertiary/aromatic N) is 2. The fourth-order valence-corrected chi connectivity index (χ4v) is 4.82. The Morgan fingerprint density at radius 1 is 1.20 bits per heavy atom. The van der Waals surface area contributed by atoms with Crippen molar-refractivity contribution >= 4 is 15.9 Å². The first-order valence-electron chi connectivity index (χ1n) is 8.61. The number of sulfonamides is 1. The van der Waals surface area contributed by atoms with E-state index in [0.29, 0.717) is 57.4 Å². The first-order valence-corrected chi connectivity index (χ1v) is 10.1. The molecule has 0 saturated carbocycles. The molecule has 0 bridgehead atoms. The highest BCUT2D eigenvalue weighted by molar-refractivity contribution is 7.89. The summed E-state index contributed by atoms with van der Waals surface area (Å²) in [5.41, 5.74) is 0.525. The number of hydrogen-bond acceptors (Lipinski definition) is 5. The largest absolute Gasteiger partial charge is 0.384 e. The Labute approximate surface area is 149 Å². The summed E-state index contributed by atoms with van der Waals surface area (Å²) in [6.45, 7) is 4.32. The number of amides is 1. The van der Waals surface area contributed by atoms with Crippen LogP contribution in [0.4, 0.5) is 0 Å². The molecular weight excluding hydrogens is 342 g/mol. The highest BCUT2D eigenvalue weighted by Gasteiger charge is 2.28. The van der Waals surface area contributed by atoms with E-state index >= 15 is 0 Å². The van der Waals surface area contributed by atoms with Crippen LogP contribution < -0.4 is 5.32 Å². The van der Waals surface area contributed by atoms with Crippen LogP contribution in [0.1, 0.15) is 16.8 Å². The molecule has 2 saturated heterocycles. The Morgan fingerprint density at radius 2 is 1.88 bits per heavy atom. The maximum absolute atomic E-state index is 12.6.